The zero-order valence-corrected chi connectivity index (χ0v) is 8.06. The predicted molar refractivity (Wildman–Crippen MR) is 52.8 cm³/mol. The van der Waals surface area contributed by atoms with E-state index in [-0.39, 0.29) is 12.3 Å². The summed E-state index contributed by atoms with van der Waals surface area (Å²) in [7, 11) is 0. The minimum Gasteiger partial charge on any atom is -0.504 e. The first-order chi connectivity index (χ1) is 7.20. The van der Waals surface area contributed by atoms with Gasteiger partial charge in [0, 0.05) is 6.20 Å². The Labute approximate surface area is 85.5 Å². The van der Waals surface area contributed by atoms with Gasteiger partial charge in [-0.1, -0.05) is 0 Å². The molecule has 0 amide bonds. The number of esters is 1. The Kier molecular flexibility index (Phi) is 3.61. The molecule has 0 atom stereocenters. The van der Waals surface area contributed by atoms with E-state index >= 15 is 0 Å². The van der Waals surface area contributed by atoms with Gasteiger partial charge in [-0.05, 0) is 24.2 Å². The average Bonchev–Trinajstić information content (AvgIpc) is 2.71. The second-order valence-electron chi connectivity index (χ2n) is 2.59. The van der Waals surface area contributed by atoms with Crippen LogP contribution in [0.15, 0.2) is 29.2 Å². The predicted octanol–water partition coefficient (Wildman–Crippen LogP) is 1.57. The largest absolute Gasteiger partial charge is 0.504 e. The van der Waals surface area contributed by atoms with E-state index < -0.39 is 17.4 Å². The lowest BCUT2D eigenvalue weighted by Crippen LogP contribution is -2.08. The smallest absolute Gasteiger partial charge is 0.364 e. The maximum Gasteiger partial charge on any atom is 0.364 e. The Morgan fingerprint density at radius 1 is 1.67 bits per heavy atom. The molecule has 1 aromatic rings. The number of hydrogen-bond acceptors (Lipinski definition) is 5. The lowest BCUT2D eigenvalue weighted by molar-refractivity contribution is -0.138. The quantitative estimate of drug-likeness (QED) is 0.341. The van der Waals surface area contributed by atoms with Crippen LogP contribution in [0.25, 0.3) is 5.76 Å². The molecule has 1 rings (SSSR count). The van der Waals surface area contributed by atoms with Crippen molar-refractivity contribution in [2.75, 3.05) is 6.61 Å². The lowest BCUT2D eigenvalue weighted by Gasteiger charge is -2.01. The zero-order valence-electron chi connectivity index (χ0n) is 8.06. The van der Waals surface area contributed by atoms with Crippen LogP contribution >= 0.6 is 0 Å². The van der Waals surface area contributed by atoms with Crippen molar-refractivity contribution in [1.29, 1.82) is 0 Å². The molecule has 6 heteroatoms. The molecule has 0 aliphatic heterocycles. The van der Waals surface area contributed by atoms with Gasteiger partial charge in [-0.3, -0.25) is 0 Å². The summed E-state index contributed by atoms with van der Waals surface area (Å²) in [6, 6.07) is 3.11. The molecule has 0 saturated heterocycles. The second kappa shape index (κ2) is 4.94. The first kappa shape index (κ1) is 11.0. The molecule has 0 aliphatic rings. The van der Waals surface area contributed by atoms with Gasteiger partial charge in [0.05, 0.1) is 12.3 Å². The Balaban J connectivity index is 3.03. The van der Waals surface area contributed by atoms with E-state index in [2.05, 4.69) is 14.9 Å². The first-order valence-corrected chi connectivity index (χ1v) is 4.28. The fraction of sp³-hybridized carbons (Fsp3) is 0.222. The van der Waals surface area contributed by atoms with Crippen LogP contribution in [0.3, 0.4) is 0 Å². The molecule has 0 bridgehead atoms. The number of nitrogens with one attached hydrogen (secondary N) is 1. The van der Waals surface area contributed by atoms with Gasteiger partial charge in [0.2, 0.25) is 5.70 Å². The Morgan fingerprint density at radius 3 is 2.87 bits per heavy atom. The monoisotopic (exact) mass is 210 g/mol. The number of carbonyl (C=O) groups is 1. The lowest BCUT2D eigenvalue weighted by atomic mass is 10.3. The van der Waals surface area contributed by atoms with Gasteiger partial charge in [-0.15, -0.1) is 4.91 Å². The molecule has 1 aromatic heterocycles. The molecule has 15 heavy (non-hydrogen) atoms. The van der Waals surface area contributed by atoms with Crippen molar-refractivity contribution < 1.29 is 14.6 Å². The highest BCUT2D eigenvalue weighted by molar-refractivity contribution is 5.95. The van der Waals surface area contributed by atoms with Crippen molar-refractivity contribution in [3.63, 3.8) is 0 Å². The van der Waals surface area contributed by atoms with Crippen molar-refractivity contribution in [2.24, 2.45) is 5.18 Å². The Morgan fingerprint density at radius 2 is 2.40 bits per heavy atom. The molecule has 0 spiro atoms. The van der Waals surface area contributed by atoms with Gasteiger partial charge in [0.25, 0.3) is 0 Å². The molecule has 0 aliphatic carbocycles. The van der Waals surface area contributed by atoms with Crippen molar-refractivity contribution in [2.45, 2.75) is 6.92 Å². The van der Waals surface area contributed by atoms with E-state index in [1.807, 2.05) is 0 Å². The van der Waals surface area contributed by atoms with Gasteiger partial charge in [-0.2, -0.15) is 0 Å². The molecule has 0 fully saturated rings. The van der Waals surface area contributed by atoms with Crippen molar-refractivity contribution in [3.8, 4) is 0 Å². The van der Waals surface area contributed by atoms with E-state index in [1.54, 1.807) is 19.2 Å². The highest BCUT2D eigenvalue weighted by Gasteiger charge is 2.19. The maximum absolute atomic E-state index is 11.2. The molecule has 2 N–H and O–H groups in total. The van der Waals surface area contributed by atoms with Crippen LogP contribution < -0.4 is 0 Å². The maximum atomic E-state index is 11.2. The van der Waals surface area contributed by atoms with E-state index in [4.69, 9.17) is 0 Å². The number of aliphatic hydroxyl groups is 1. The van der Waals surface area contributed by atoms with E-state index in [9.17, 15) is 14.8 Å². The van der Waals surface area contributed by atoms with Gasteiger partial charge >= 0.3 is 5.97 Å². The van der Waals surface area contributed by atoms with Crippen LogP contribution in [-0.4, -0.2) is 22.7 Å². The number of aliphatic hydroxyl groups excluding tert-OH is 1. The van der Waals surface area contributed by atoms with Crippen molar-refractivity contribution in [1.82, 2.24) is 4.98 Å². The number of ether oxygens (including phenoxy) is 1. The molecule has 80 valence electrons. The number of hydrogen-bond donors (Lipinski definition) is 2. The van der Waals surface area contributed by atoms with E-state index in [0.717, 1.165) is 0 Å². The molecule has 0 saturated carbocycles. The van der Waals surface area contributed by atoms with Gasteiger partial charge in [0.1, 0.15) is 0 Å². The molecule has 0 radical (unpaired) electrons. The third kappa shape index (κ3) is 2.43. The van der Waals surface area contributed by atoms with Crippen LogP contribution in [0.4, 0.5) is 0 Å². The molecule has 6 nitrogen and oxygen atoms in total. The summed E-state index contributed by atoms with van der Waals surface area (Å²) in [6.07, 6.45) is 1.54. The third-order valence-electron chi connectivity index (χ3n) is 1.64. The highest BCUT2D eigenvalue weighted by Crippen LogP contribution is 2.15. The van der Waals surface area contributed by atoms with Crippen LogP contribution in [0.1, 0.15) is 12.6 Å². The summed E-state index contributed by atoms with van der Waals surface area (Å²) in [5, 5.41) is 12.0. The van der Waals surface area contributed by atoms with E-state index in [0.29, 0.717) is 0 Å². The third-order valence-corrected chi connectivity index (χ3v) is 1.64. The Hall–Kier alpha value is -2.11. The molecule has 1 heterocycles. The number of nitrogens with zero attached hydrogens (tertiary/aromatic N) is 1. The summed E-state index contributed by atoms with van der Waals surface area (Å²) in [6.45, 7) is 1.70. The number of aromatic amines is 1. The molecule has 0 unspecified atom stereocenters. The van der Waals surface area contributed by atoms with Crippen LogP contribution in [0.5, 0.6) is 0 Å². The second-order valence-corrected chi connectivity index (χ2v) is 2.59. The summed E-state index contributed by atoms with van der Waals surface area (Å²) in [5.41, 5.74) is -0.406. The van der Waals surface area contributed by atoms with Gasteiger partial charge < -0.3 is 14.8 Å². The van der Waals surface area contributed by atoms with Gasteiger partial charge in [0.15, 0.2) is 5.76 Å². The highest BCUT2D eigenvalue weighted by atomic mass is 16.5. The fourth-order valence-electron chi connectivity index (χ4n) is 0.982. The standard InChI is InChI=1S/C9H10N2O4/c1-2-15-9(13)7(11-14)8(12)6-4-3-5-10-6/h3-5,10,12H,2H2,1H3/b8-7+. The zero-order chi connectivity index (χ0) is 11.3. The molecular formula is C9H10N2O4. The van der Waals surface area contributed by atoms with Crippen LogP contribution in [0.2, 0.25) is 0 Å². The van der Waals surface area contributed by atoms with Gasteiger partial charge in [-0.25, -0.2) is 4.79 Å². The topological polar surface area (TPSA) is 91.8 Å². The first-order valence-electron chi connectivity index (χ1n) is 4.28. The number of H-pyrrole nitrogens is 1. The normalized spacial score (nSPS) is 11.8. The molecule has 0 aromatic carbocycles. The minimum atomic E-state index is -0.945. The molecular weight excluding hydrogens is 200 g/mol. The minimum absolute atomic E-state index is 0.107. The number of nitroso groups, excluding NO2 is 1. The number of rotatable bonds is 4. The van der Waals surface area contributed by atoms with Crippen LogP contribution in [-0.2, 0) is 9.53 Å². The SMILES string of the molecule is CCOC(=O)/C(N=O)=C(\O)c1ccc[nH]1. The summed E-state index contributed by atoms with van der Waals surface area (Å²) < 4.78 is 4.55. The van der Waals surface area contributed by atoms with Crippen molar-refractivity contribution in [3.05, 3.63) is 34.6 Å². The summed E-state index contributed by atoms with van der Waals surface area (Å²) in [5.74, 6) is -1.46. The summed E-state index contributed by atoms with van der Waals surface area (Å²) in [4.78, 5) is 24.2. The number of carbonyl (C=O) groups excluding carboxylic acids is 1. The van der Waals surface area contributed by atoms with E-state index in [1.165, 1.54) is 6.07 Å². The van der Waals surface area contributed by atoms with Crippen molar-refractivity contribution >= 4 is 11.7 Å². The fourth-order valence-corrected chi connectivity index (χ4v) is 0.982. The number of aromatic nitrogens is 1. The van der Waals surface area contributed by atoms with Crippen LogP contribution in [0, 0.1) is 4.91 Å². The summed E-state index contributed by atoms with van der Waals surface area (Å²) >= 11 is 0. The Bertz CT molecular complexity index is 381. The average molecular weight is 210 g/mol.